The number of nitrogens with one attached hydrogen (secondary N) is 1. The molecule has 0 fully saturated rings. The summed E-state index contributed by atoms with van der Waals surface area (Å²) < 4.78 is 3.21. The summed E-state index contributed by atoms with van der Waals surface area (Å²) in [5.74, 6) is -0.0598. The van der Waals surface area contributed by atoms with Crippen LogP contribution in [0.15, 0.2) is 54.4 Å². The number of hydrogen-bond donors (Lipinski definition) is 1. The summed E-state index contributed by atoms with van der Waals surface area (Å²) in [5, 5.41) is 4.92. The number of carbonyl (C=O) groups excluding carboxylic acids is 1. The first kappa shape index (κ1) is 14.6. The van der Waals surface area contributed by atoms with Crippen LogP contribution in [-0.2, 0) is 6.54 Å². The van der Waals surface area contributed by atoms with E-state index in [1.807, 2.05) is 6.07 Å². The Bertz CT molecular complexity index is 811. The van der Waals surface area contributed by atoms with Crippen LogP contribution in [0, 0.1) is 6.92 Å². The SMILES string of the molecule is C=CCNC(=O)c1cc2sccc2n1Cc1ccc(C)cc1. The van der Waals surface area contributed by atoms with E-state index in [0.29, 0.717) is 18.8 Å². The molecule has 0 unspecified atom stereocenters. The molecular weight excluding hydrogens is 292 g/mol. The van der Waals surface area contributed by atoms with Crippen molar-refractivity contribution in [2.75, 3.05) is 6.54 Å². The topological polar surface area (TPSA) is 34.0 Å². The largest absolute Gasteiger partial charge is 0.347 e. The van der Waals surface area contributed by atoms with Crippen molar-refractivity contribution in [1.82, 2.24) is 9.88 Å². The Labute approximate surface area is 133 Å². The molecule has 0 radical (unpaired) electrons. The minimum absolute atomic E-state index is 0.0598. The van der Waals surface area contributed by atoms with Crippen molar-refractivity contribution >= 4 is 27.5 Å². The third-order valence-electron chi connectivity index (χ3n) is 3.62. The van der Waals surface area contributed by atoms with Gasteiger partial charge in [0.05, 0.1) is 10.2 Å². The number of aromatic nitrogens is 1. The summed E-state index contributed by atoms with van der Waals surface area (Å²) in [6.45, 7) is 6.88. The average molecular weight is 310 g/mol. The first-order valence-electron chi connectivity index (χ1n) is 7.20. The highest BCUT2D eigenvalue weighted by Gasteiger charge is 2.16. The maximum Gasteiger partial charge on any atom is 0.268 e. The highest BCUT2D eigenvalue weighted by molar-refractivity contribution is 7.17. The number of aryl methyl sites for hydroxylation is 1. The maximum atomic E-state index is 12.4. The van der Waals surface area contributed by atoms with Crippen LogP contribution in [-0.4, -0.2) is 17.0 Å². The van der Waals surface area contributed by atoms with Gasteiger partial charge in [-0.05, 0) is 30.0 Å². The van der Waals surface area contributed by atoms with Crippen molar-refractivity contribution in [2.45, 2.75) is 13.5 Å². The van der Waals surface area contributed by atoms with Crippen LogP contribution in [0.25, 0.3) is 10.2 Å². The van der Waals surface area contributed by atoms with Gasteiger partial charge in [-0.2, -0.15) is 0 Å². The van der Waals surface area contributed by atoms with E-state index in [9.17, 15) is 4.79 Å². The number of carbonyl (C=O) groups is 1. The Morgan fingerprint density at radius 3 is 2.82 bits per heavy atom. The van der Waals surface area contributed by atoms with Crippen molar-refractivity contribution in [1.29, 1.82) is 0 Å². The van der Waals surface area contributed by atoms with Crippen LogP contribution in [0.3, 0.4) is 0 Å². The van der Waals surface area contributed by atoms with Gasteiger partial charge in [0.2, 0.25) is 0 Å². The monoisotopic (exact) mass is 310 g/mol. The predicted molar refractivity (Wildman–Crippen MR) is 92.6 cm³/mol. The molecule has 0 atom stereocenters. The normalized spacial score (nSPS) is 10.8. The molecule has 112 valence electrons. The zero-order valence-electron chi connectivity index (χ0n) is 12.5. The number of nitrogens with zero attached hydrogens (tertiary/aromatic N) is 1. The van der Waals surface area contributed by atoms with E-state index in [0.717, 1.165) is 10.2 Å². The third-order valence-corrected chi connectivity index (χ3v) is 4.48. The van der Waals surface area contributed by atoms with E-state index in [1.54, 1.807) is 17.4 Å². The fourth-order valence-electron chi connectivity index (χ4n) is 2.47. The van der Waals surface area contributed by atoms with Gasteiger partial charge in [-0.1, -0.05) is 35.9 Å². The molecule has 1 amide bonds. The van der Waals surface area contributed by atoms with E-state index < -0.39 is 0 Å². The minimum atomic E-state index is -0.0598. The van der Waals surface area contributed by atoms with Crippen molar-refractivity contribution in [3.05, 3.63) is 71.3 Å². The summed E-state index contributed by atoms with van der Waals surface area (Å²) >= 11 is 1.66. The summed E-state index contributed by atoms with van der Waals surface area (Å²) in [6.07, 6.45) is 1.69. The highest BCUT2D eigenvalue weighted by Crippen LogP contribution is 2.26. The van der Waals surface area contributed by atoms with Gasteiger partial charge in [-0.15, -0.1) is 17.9 Å². The first-order valence-corrected chi connectivity index (χ1v) is 8.08. The van der Waals surface area contributed by atoms with Crippen LogP contribution < -0.4 is 5.32 Å². The Balaban J connectivity index is 1.98. The Morgan fingerprint density at radius 2 is 2.09 bits per heavy atom. The van der Waals surface area contributed by atoms with E-state index in [4.69, 9.17) is 0 Å². The van der Waals surface area contributed by atoms with Crippen LogP contribution in [0.4, 0.5) is 0 Å². The number of amides is 1. The zero-order valence-corrected chi connectivity index (χ0v) is 13.3. The molecule has 1 N–H and O–H groups in total. The van der Waals surface area contributed by atoms with Crippen molar-refractivity contribution in [2.24, 2.45) is 0 Å². The van der Waals surface area contributed by atoms with E-state index in [-0.39, 0.29) is 5.91 Å². The molecule has 0 aliphatic rings. The zero-order chi connectivity index (χ0) is 15.5. The highest BCUT2D eigenvalue weighted by atomic mass is 32.1. The standard InChI is InChI=1S/C18H18N2OS/c1-3-9-19-18(21)16-11-17-15(8-10-22-17)20(16)12-14-6-4-13(2)5-7-14/h3-8,10-11H,1,9,12H2,2H3,(H,19,21). The fourth-order valence-corrected chi connectivity index (χ4v) is 3.29. The number of fused-ring (bicyclic) bond motifs is 1. The second-order valence-corrected chi connectivity index (χ2v) is 6.22. The molecule has 22 heavy (non-hydrogen) atoms. The second kappa shape index (κ2) is 6.20. The van der Waals surface area contributed by atoms with Crippen LogP contribution in [0.1, 0.15) is 21.6 Å². The number of rotatable bonds is 5. The lowest BCUT2D eigenvalue weighted by molar-refractivity contribution is 0.0949. The van der Waals surface area contributed by atoms with Crippen molar-refractivity contribution in [3.63, 3.8) is 0 Å². The van der Waals surface area contributed by atoms with Gasteiger partial charge in [0.25, 0.3) is 5.91 Å². The summed E-state index contributed by atoms with van der Waals surface area (Å²) in [5.41, 5.74) is 4.23. The molecule has 4 heteroatoms. The van der Waals surface area contributed by atoms with Crippen LogP contribution >= 0.6 is 11.3 Å². The van der Waals surface area contributed by atoms with Gasteiger partial charge in [0.15, 0.2) is 0 Å². The Hall–Kier alpha value is -2.33. The first-order chi connectivity index (χ1) is 10.7. The van der Waals surface area contributed by atoms with Gasteiger partial charge in [0.1, 0.15) is 5.69 Å². The van der Waals surface area contributed by atoms with Crippen molar-refractivity contribution in [3.8, 4) is 0 Å². The summed E-state index contributed by atoms with van der Waals surface area (Å²) in [6, 6.07) is 12.4. The molecule has 0 aliphatic heterocycles. The van der Waals surface area contributed by atoms with Gasteiger partial charge in [-0.3, -0.25) is 4.79 Å². The molecule has 3 aromatic rings. The molecule has 0 bridgehead atoms. The Kier molecular flexibility index (Phi) is 4.11. The predicted octanol–water partition coefficient (Wildman–Crippen LogP) is 3.98. The number of benzene rings is 1. The third kappa shape index (κ3) is 2.83. The minimum Gasteiger partial charge on any atom is -0.347 e. The van der Waals surface area contributed by atoms with E-state index in [2.05, 4.69) is 59.1 Å². The maximum absolute atomic E-state index is 12.4. The molecule has 0 saturated carbocycles. The molecule has 2 heterocycles. The summed E-state index contributed by atoms with van der Waals surface area (Å²) in [4.78, 5) is 12.4. The molecule has 0 aliphatic carbocycles. The van der Waals surface area contributed by atoms with Gasteiger partial charge >= 0.3 is 0 Å². The molecule has 3 nitrogen and oxygen atoms in total. The summed E-state index contributed by atoms with van der Waals surface area (Å²) in [7, 11) is 0. The average Bonchev–Trinajstić information content (AvgIpc) is 3.09. The molecule has 3 rings (SSSR count). The molecular formula is C18H18N2OS. The van der Waals surface area contributed by atoms with Crippen LogP contribution in [0.2, 0.25) is 0 Å². The lowest BCUT2D eigenvalue weighted by atomic mass is 10.1. The Morgan fingerprint density at radius 1 is 1.32 bits per heavy atom. The lowest BCUT2D eigenvalue weighted by Crippen LogP contribution is -2.26. The fraction of sp³-hybridized carbons (Fsp3) is 0.167. The molecule has 0 saturated heterocycles. The second-order valence-electron chi connectivity index (χ2n) is 5.27. The molecule has 1 aromatic carbocycles. The van der Waals surface area contributed by atoms with Crippen molar-refractivity contribution < 1.29 is 4.79 Å². The quantitative estimate of drug-likeness (QED) is 0.711. The van der Waals surface area contributed by atoms with Crippen LogP contribution in [0.5, 0.6) is 0 Å². The molecule has 2 aromatic heterocycles. The van der Waals surface area contributed by atoms with E-state index >= 15 is 0 Å². The number of thiophene rings is 1. The van der Waals surface area contributed by atoms with Gasteiger partial charge < -0.3 is 9.88 Å². The lowest BCUT2D eigenvalue weighted by Gasteiger charge is -2.10. The number of hydrogen-bond acceptors (Lipinski definition) is 2. The van der Waals surface area contributed by atoms with Gasteiger partial charge in [-0.25, -0.2) is 0 Å². The molecule has 0 spiro atoms. The smallest absolute Gasteiger partial charge is 0.268 e. The van der Waals surface area contributed by atoms with E-state index in [1.165, 1.54) is 11.1 Å². The van der Waals surface area contributed by atoms with Gasteiger partial charge in [0, 0.05) is 13.1 Å².